The maximum atomic E-state index is 13.5. The average Bonchev–Trinajstić information content (AvgIpc) is 3.20. The summed E-state index contributed by atoms with van der Waals surface area (Å²) in [6.07, 6.45) is -0.679. The zero-order chi connectivity index (χ0) is 20.4. The van der Waals surface area contributed by atoms with Crippen molar-refractivity contribution >= 4 is 11.9 Å². The Morgan fingerprint density at radius 1 is 1.24 bits per heavy atom. The van der Waals surface area contributed by atoms with E-state index in [2.05, 4.69) is 15.4 Å². The number of carbonyl (C=O) groups is 1. The third-order valence-electron chi connectivity index (χ3n) is 5.89. The number of nitrogens with zero attached hydrogens (tertiary/aromatic N) is 4. The molecule has 0 aliphatic carbocycles. The number of likely N-dealkylation sites (tertiary alicyclic amines) is 1. The number of hydrogen-bond acceptors (Lipinski definition) is 4. The fourth-order valence-corrected chi connectivity index (χ4v) is 4.35. The van der Waals surface area contributed by atoms with E-state index in [1.807, 2.05) is 30.3 Å². The van der Waals surface area contributed by atoms with Gasteiger partial charge in [-0.15, -0.1) is 0 Å². The van der Waals surface area contributed by atoms with Crippen LogP contribution in [0.4, 0.5) is 19.1 Å². The largest absolute Gasteiger partial charge is 0.411 e. The van der Waals surface area contributed by atoms with Gasteiger partial charge in [0.2, 0.25) is 11.9 Å². The molecule has 1 N–H and O–H groups in total. The van der Waals surface area contributed by atoms with Gasteiger partial charge in [-0.05, 0) is 37.2 Å². The van der Waals surface area contributed by atoms with Crippen LogP contribution in [0.15, 0.2) is 36.7 Å². The highest BCUT2D eigenvalue weighted by Gasteiger charge is 2.48. The summed E-state index contributed by atoms with van der Waals surface area (Å²) in [4.78, 5) is 18.4. The van der Waals surface area contributed by atoms with Crippen LogP contribution in [0.3, 0.4) is 0 Å². The quantitative estimate of drug-likeness (QED) is 0.844. The van der Waals surface area contributed by atoms with Crippen molar-refractivity contribution in [3.8, 4) is 0 Å². The van der Waals surface area contributed by atoms with Crippen LogP contribution in [0.25, 0.3) is 0 Å². The molecule has 4 rings (SSSR count). The molecular weight excluding hydrogens is 383 g/mol. The van der Waals surface area contributed by atoms with Gasteiger partial charge in [0.1, 0.15) is 6.33 Å². The van der Waals surface area contributed by atoms with Gasteiger partial charge in [0.25, 0.3) is 0 Å². The van der Waals surface area contributed by atoms with E-state index < -0.39 is 12.2 Å². The third-order valence-corrected chi connectivity index (χ3v) is 5.89. The van der Waals surface area contributed by atoms with Crippen LogP contribution in [0, 0.1) is 5.92 Å². The number of alkyl halides is 3. The molecule has 1 saturated heterocycles. The predicted octanol–water partition coefficient (Wildman–Crippen LogP) is 3.44. The molecule has 9 heteroatoms. The molecule has 0 bridgehead atoms. The minimum atomic E-state index is -4.39. The van der Waals surface area contributed by atoms with Crippen molar-refractivity contribution in [3.63, 3.8) is 0 Å². The normalized spacial score (nSPS) is 24.7. The molecule has 0 saturated carbocycles. The Balaban J connectivity index is 1.40. The Labute approximate surface area is 167 Å². The lowest BCUT2D eigenvalue weighted by molar-refractivity contribution is -0.175. The lowest BCUT2D eigenvalue weighted by Crippen LogP contribution is -2.49. The molecule has 0 unspecified atom stereocenters. The second kappa shape index (κ2) is 8.04. The maximum Gasteiger partial charge on any atom is 0.411 e. The van der Waals surface area contributed by atoms with Crippen molar-refractivity contribution in [2.75, 3.05) is 18.4 Å². The molecule has 3 heterocycles. The standard InChI is InChI=1S/C20H24F3N5O/c21-20(22,23)17-11-16(26-19-24-13-25-28(17)19)15-7-4-10-27(12-15)18(29)9-8-14-5-2-1-3-6-14/h1-3,5-6,13,15-17H,4,7-12H2,(H,24,25,26)/t15-,16-,17+/m0/s1. The van der Waals surface area contributed by atoms with Gasteiger partial charge in [-0.1, -0.05) is 30.3 Å². The number of aryl methyl sites for hydroxylation is 1. The number of rotatable bonds is 4. The maximum absolute atomic E-state index is 13.5. The van der Waals surface area contributed by atoms with Gasteiger partial charge < -0.3 is 10.2 Å². The molecule has 2 aromatic rings. The Bertz CT molecular complexity index is 838. The second-order valence-electron chi connectivity index (χ2n) is 7.80. The first-order valence-electron chi connectivity index (χ1n) is 9.96. The van der Waals surface area contributed by atoms with Crippen molar-refractivity contribution in [2.45, 2.75) is 50.4 Å². The summed E-state index contributed by atoms with van der Waals surface area (Å²) >= 11 is 0. The fraction of sp³-hybridized carbons (Fsp3) is 0.550. The van der Waals surface area contributed by atoms with E-state index in [1.54, 1.807) is 4.90 Å². The summed E-state index contributed by atoms with van der Waals surface area (Å²) in [6, 6.07) is 7.74. The minimum absolute atomic E-state index is 0.0419. The Hall–Kier alpha value is -2.58. The molecule has 1 amide bonds. The lowest BCUT2D eigenvalue weighted by atomic mass is 9.86. The SMILES string of the molecule is O=C(CCc1ccccc1)N1CCC[C@H]([C@@H]2C[C@H](C(F)(F)F)n3ncnc3N2)C1. The average molecular weight is 407 g/mol. The summed E-state index contributed by atoms with van der Waals surface area (Å²) < 4.78 is 41.5. The van der Waals surface area contributed by atoms with Gasteiger partial charge in [-0.25, -0.2) is 4.68 Å². The van der Waals surface area contributed by atoms with Gasteiger partial charge in [0.15, 0.2) is 6.04 Å². The third kappa shape index (κ3) is 4.38. The number of hydrogen-bond donors (Lipinski definition) is 1. The molecule has 1 aromatic carbocycles. The van der Waals surface area contributed by atoms with E-state index >= 15 is 0 Å². The number of halogens is 3. The van der Waals surface area contributed by atoms with Crippen molar-refractivity contribution in [2.24, 2.45) is 5.92 Å². The van der Waals surface area contributed by atoms with Gasteiger partial charge in [0, 0.05) is 25.6 Å². The van der Waals surface area contributed by atoms with E-state index in [0.717, 1.165) is 29.4 Å². The number of piperidine rings is 1. The monoisotopic (exact) mass is 407 g/mol. The van der Waals surface area contributed by atoms with Crippen molar-refractivity contribution < 1.29 is 18.0 Å². The molecule has 29 heavy (non-hydrogen) atoms. The van der Waals surface area contributed by atoms with E-state index in [9.17, 15) is 18.0 Å². The summed E-state index contributed by atoms with van der Waals surface area (Å²) in [5.41, 5.74) is 1.11. The smallest absolute Gasteiger partial charge is 0.351 e. The van der Waals surface area contributed by atoms with Gasteiger partial charge in [-0.2, -0.15) is 23.3 Å². The van der Waals surface area contributed by atoms with Crippen LogP contribution >= 0.6 is 0 Å². The second-order valence-corrected chi connectivity index (χ2v) is 7.80. The predicted molar refractivity (Wildman–Crippen MR) is 101 cm³/mol. The van der Waals surface area contributed by atoms with E-state index in [4.69, 9.17) is 0 Å². The number of benzene rings is 1. The van der Waals surface area contributed by atoms with Crippen molar-refractivity contribution in [1.29, 1.82) is 0 Å². The molecule has 6 nitrogen and oxygen atoms in total. The Morgan fingerprint density at radius 2 is 2.03 bits per heavy atom. The molecule has 0 spiro atoms. The summed E-state index contributed by atoms with van der Waals surface area (Å²) in [5.74, 6) is 0.167. The van der Waals surface area contributed by atoms with Gasteiger partial charge in [0.05, 0.1) is 0 Å². The molecule has 3 atom stereocenters. The first-order valence-corrected chi connectivity index (χ1v) is 9.96. The summed E-state index contributed by atoms with van der Waals surface area (Å²) in [5, 5.41) is 6.86. The summed E-state index contributed by atoms with van der Waals surface area (Å²) in [7, 11) is 0. The first kappa shape index (κ1) is 19.7. The summed E-state index contributed by atoms with van der Waals surface area (Å²) in [6.45, 7) is 1.14. The van der Waals surface area contributed by atoms with Crippen LogP contribution in [-0.4, -0.2) is 50.9 Å². The van der Waals surface area contributed by atoms with Gasteiger partial charge in [-0.3, -0.25) is 4.79 Å². The molecule has 1 fully saturated rings. The zero-order valence-corrected chi connectivity index (χ0v) is 16.0. The number of nitrogens with one attached hydrogen (secondary N) is 1. The fourth-order valence-electron chi connectivity index (χ4n) is 4.35. The topological polar surface area (TPSA) is 63.1 Å². The van der Waals surface area contributed by atoms with Crippen LogP contribution in [0.1, 0.15) is 37.3 Å². The molecule has 156 valence electrons. The molecular formula is C20H24F3N5O. The number of anilines is 1. The zero-order valence-electron chi connectivity index (χ0n) is 16.0. The minimum Gasteiger partial charge on any atom is -0.351 e. The molecule has 2 aliphatic heterocycles. The van der Waals surface area contributed by atoms with E-state index in [1.165, 1.54) is 0 Å². The highest BCUT2D eigenvalue weighted by Crippen LogP contribution is 2.40. The number of fused-ring (bicyclic) bond motifs is 1. The molecule has 2 aliphatic rings. The lowest BCUT2D eigenvalue weighted by Gasteiger charge is -2.41. The van der Waals surface area contributed by atoms with E-state index in [0.29, 0.717) is 25.9 Å². The van der Waals surface area contributed by atoms with Crippen LogP contribution in [-0.2, 0) is 11.2 Å². The van der Waals surface area contributed by atoms with Crippen LogP contribution in [0.5, 0.6) is 0 Å². The number of carbonyl (C=O) groups excluding carboxylic acids is 1. The van der Waals surface area contributed by atoms with Crippen molar-refractivity contribution in [1.82, 2.24) is 19.7 Å². The Morgan fingerprint density at radius 3 is 2.79 bits per heavy atom. The highest BCUT2D eigenvalue weighted by atomic mass is 19.4. The van der Waals surface area contributed by atoms with E-state index in [-0.39, 0.29) is 30.2 Å². The number of aromatic nitrogens is 3. The molecule has 1 aromatic heterocycles. The Kier molecular flexibility index (Phi) is 5.47. The molecule has 0 radical (unpaired) electrons. The van der Waals surface area contributed by atoms with Crippen molar-refractivity contribution in [3.05, 3.63) is 42.2 Å². The first-order chi connectivity index (χ1) is 13.9. The van der Waals surface area contributed by atoms with Crippen LogP contribution < -0.4 is 5.32 Å². The number of amides is 1. The van der Waals surface area contributed by atoms with Crippen LogP contribution in [0.2, 0.25) is 0 Å². The highest BCUT2D eigenvalue weighted by molar-refractivity contribution is 5.76. The van der Waals surface area contributed by atoms with Gasteiger partial charge >= 0.3 is 6.18 Å².